The lowest BCUT2D eigenvalue weighted by Crippen LogP contribution is -2.37. The van der Waals surface area contributed by atoms with Crippen LogP contribution in [0.15, 0.2) is 54.6 Å². The van der Waals surface area contributed by atoms with Crippen molar-refractivity contribution in [3.63, 3.8) is 0 Å². The molecule has 0 aromatic heterocycles. The van der Waals surface area contributed by atoms with E-state index in [1.807, 2.05) is 37.3 Å². The van der Waals surface area contributed by atoms with E-state index >= 15 is 0 Å². The summed E-state index contributed by atoms with van der Waals surface area (Å²) in [6.07, 6.45) is 0.418. The Bertz CT molecular complexity index is 881. The Labute approximate surface area is 170 Å². The Kier molecular flexibility index (Phi) is 6.65. The molecule has 2 amide bonds. The molecule has 1 aliphatic heterocycles. The number of anilines is 1. The minimum absolute atomic E-state index is 0.0517. The van der Waals surface area contributed by atoms with E-state index in [9.17, 15) is 14.4 Å². The van der Waals surface area contributed by atoms with E-state index in [0.717, 1.165) is 12.0 Å². The van der Waals surface area contributed by atoms with E-state index in [-0.39, 0.29) is 17.7 Å². The van der Waals surface area contributed by atoms with Crippen LogP contribution in [-0.2, 0) is 14.3 Å². The lowest BCUT2D eigenvalue weighted by Gasteiger charge is -2.18. The number of ether oxygens (including phenoxy) is 1. The van der Waals surface area contributed by atoms with Gasteiger partial charge in [0.2, 0.25) is 5.91 Å². The van der Waals surface area contributed by atoms with Crippen LogP contribution in [0.5, 0.6) is 0 Å². The van der Waals surface area contributed by atoms with Crippen LogP contribution in [-0.4, -0.2) is 37.0 Å². The lowest BCUT2D eigenvalue weighted by molar-refractivity contribution is -0.129. The number of hydrogen-bond donors (Lipinski definition) is 1. The quantitative estimate of drug-likeness (QED) is 0.732. The molecule has 6 heteroatoms. The molecule has 0 bridgehead atoms. The summed E-state index contributed by atoms with van der Waals surface area (Å²) < 4.78 is 5.33. The maximum absolute atomic E-state index is 12.5. The van der Waals surface area contributed by atoms with Crippen LogP contribution in [0.3, 0.4) is 0 Å². The lowest BCUT2D eigenvalue weighted by atomic mass is 10.0. The van der Waals surface area contributed by atoms with Crippen molar-refractivity contribution < 1.29 is 19.1 Å². The topological polar surface area (TPSA) is 75.7 Å². The minimum atomic E-state index is -0.914. The molecule has 1 aliphatic rings. The SMILES string of the molecule is C[C@@H](OC(=O)c1cccc(N2CCCC2=O)c1)C(=O)NC[C@H](C)c1ccccc1. The molecule has 1 fully saturated rings. The largest absolute Gasteiger partial charge is 0.449 e. The van der Waals surface area contributed by atoms with Gasteiger partial charge >= 0.3 is 5.97 Å². The molecule has 1 saturated heterocycles. The van der Waals surface area contributed by atoms with Crippen LogP contribution in [0.1, 0.15) is 48.5 Å². The zero-order valence-electron chi connectivity index (χ0n) is 16.8. The fourth-order valence-corrected chi connectivity index (χ4v) is 3.30. The summed E-state index contributed by atoms with van der Waals surface area (Å²) >= 11 is 0. The summed E-state index contributed by atoms with van der Waals surface area (Å²) in [4.78, 5) is 38.4. The van der Waals surface area contributed by atoms with Gasteiger partial charge in [-0.05, 0) is 43.0 Å². The molecular formula is C23H26N2O4. The monoisotopic (exact) mass is 394 g/mol. The summed E-state index contributed by atoms with van der Waals surface area (Å²) in [5, 5.41) is 2.83. The highest BCUT2D eigenvalue weighted by atomic mass is 16.5. The molecule has 3 rings (SSSR count). The van der Waals surface area contributed by atoms with Gasteiger partial charge in [-0.2, -0.15) is 0 Å². The van der Waals surface area contributed by atoms with Crippen LogP contribution < -0.4 is 10.2 Å². The molecule has 0 radical (unpaired) electrons. The van der Waals surface area contributed by atoms with Crippen molar-refractivity contribution in [2.45, 2.75) is 38.7 Å². The molecule has 0 unspecified atom stereocenters. The van der Waals surface area contributed by atoms with Crippen LogP contribution in [0.25, 0.3) is 0 Å². The summed E-state index contributed by atoms with van der Waals surface area (Å²) in [6.45, 7) is 4.68. The van der Waals surface area contributed by atoms with E-state index in [1.54, 1.807) is 36.1 Å². The molecule has 0 aliphatic carbocycles. The minimum Gasteiger partial charge on any atom is -0.449 e. The second-order valence-electron chi connectivity index (χ2n) is 7.30. The highest BCUT2D eigenvalue weighted by molar-refractivity contribution is 5.98. The number of rotatable bonds is 7. The summed E-state index contributed by atoms with van der Waals surface area (Å²) in [5.41, 5.74) is 2.13. The maximum atomic E-state index is 12.5. The molecule has 2 aromatic rings. The molecule has 2 aromatic carbocycles. The van der Waals surface area contributed by atoms with Crippen molar-refractivity contribution in [1.82, 2.24) is 5.32 Å². The number of nitrogens with one attached hydrogen (secondary N) is 1. The fraction of sp³-hybridized carbons (Fsp3) is 0.348. The highest BCUT2D eigenvalue weighted by Gasteiger charge is 2.24. The van der Waals surface area contributed by atoms with Crippen molar-refractivity contribution in [2.75, 3.05) is 18.0 Å². The summed E-state index contributed by atoms with van der Waals surface area (Å²) in [6, 6.07) is 16.7. The molecule has 1 heterocycles. The average Bonchev–Trinajstić information content (AvgIpc) is 3.18. The summed E-state index contributed by atoms with van der Waals surface area (Å²) in [7, 11) is 0. The maximum Gasteiger partial charge on any atom is 0.338 e. The number of carbonyl (C=O) groups excluding carboxylic acids is 3. The van der Waals surface area contributed by atoms with Gasteiger partial charge in [0.05, 0.1) is 5.56 Å². The van der Waals surface area contributed by atoms with E-state index in [4.69, 9.17) is 4.74 Å². The molecule has 1 N–H and O–H groups in total. The predicted molar refractivity (Wildman–Crippen MR) is 111 cm³/mol. The van der Waals surface area contributed by atoms with Crippen LogP contribution in [0, 0.1) is 0 Å². The first-order valence-electron chi connectivity index (χ1n) is 9.90. The predicted octanol–water partition coefficient (Wildman–Crippen LogP) is 3.28. The molecule has 6 nitrogen and oxygen atoms in total. The van der Waals surface area contributed by atoms with Gasteiger partial charge in [0.1, 0.15) is 0 Å². The zero-order valence-corrected chi connectivity index (χ0v) is 16.8. The molecule has 0 spiro atoms. The van der Waals surface area contributed by atoms with Gasteiger partial charge in [-0.25, -0.2) is 4.79 Å². The van der Waals surface area contributed by atoms with Gasteiger partial charge in [0.25, 0.3) is 5.91 Å². The third-order valence-corrected chi connectivity index (χ3v) is 5.07. The molecule has 152 valence electrons. The normalized spacial score (nSPS) is 15.7. The second kappa shape index (κ2) is 9.37. The number of hydrogen-bond acceptors (Lipinski definition) is 4. The molecule has 0 saturated carbocycles. The van der Waals surface area contributed by atoms with E-state index < -0.39 is 12.1 Å². The van der Waals surface area contributed by atoms with Gasteiger partial charge in [0, 0.05) is 25.2 Å². The van der Waals surface area contributed by atoms with E-state index in [2.05, 4.69) is 5.32 Å². The zero-order chi connectivity index (χ0) is 20.8. The van der Waals surface area contributed by atoms with Crippen LogP contribution in [0.4, 0.5) is 5.69 Å². The Morgan fingerprint density at radius 3 is 2.55 bits per heavy atom. The Balaban J connectivity index is 1.54. The number of esters is 1. The Morgan fingerprint density at radius 2 is 1.86 bits per heavy atom. The molecular weight excluding hydrogens is 368 g/mol. The van der Waals surface area contributed by atoms with Crippen molar-refractivity contribution in [2.24, 2.45) is 0 Å². The molecule has 29 heavy (non-hydrogen) atoms. The van der Waals surface area contributed by atoms with Crippen LogP contribution in [0.2, 0.25) is 0 Å². The number of amides is 2. The first kappa shape index (κ1) is 20.6. The Hall–Kier alpha value is -3.15. The van der Waals surface area contributed by atoms with Crippen LogP contribution >= 0.6 is 0 Å². The van der Waals surface area contributed by atoms with E-state index in [0.29, 0.717) is 30.8 Å². The van der Waals surface area contributed by atoms with Gasteiger partial charge < -0.3 is 15.0 Å². The van der Waals surface area contributed by atoms with Gasteiger partial charge in [-0.1, -0.05) is 43.3 Å². The van der Waals surface area contributed by atoms with Crippen molar-refractivity contribution in [3.05, 3.63) is 65.7 Å². The Morgan fingerprint density at radius 1 is 1.10 bits per heavy atom. The smallest absolute Gasteiger partial charge is 0.338 e. The van der Waals surface area contributed by atoms with E-state index in [1.165, 1.54) is 0 Å². The first-order chi connectivity index (χ1) is 14.0. The summed E-state index contributed by atoms with van der Waals surface area (Å²) in [5.74, 6) is -0.724. The van der Waals surface area contributed by atoms with Gasteiger partial charge in [0.15, 0.2) is 6.10 Å². The van der Waals surface area contributed by atoms with Crippen molar-refractivity contribution >= 4 is 23.5 Å². The third-order valence-electron chi connectivity index (χ3n) is 5.07. The second-order valence-corrected chi connectivity index (χ2v) is 7.30. The average molecular weight is 394 g/mol. The van der Waals surface area contributed by atoms with Gasteiger partial charge in [-0.15, -0.1) is 0 Å². The first-order valence-corrected chi connectivity index (χ1v) is 9.90. The highest BCUT2D eigenvalue weighted by Crippen LogP contribution is 2.22. The number of nitrogens with zero attached hydrogens (tertiary/aromatic N) is 1. The number of benzene rings is 2. The standard InChI is InChI=1S/C23H26N2O4/c1-16(18-8-4-3-5-9-18)15-24-22(27)17(2)29-23(28)19-10-6-11-20(14-19)25-13-7-12-21(25)26/h3-6,8-11,14,16-17H,7,12-13,15H2,1-2H3,(H,24,27)/t16-,17+/m0/s1. The number of carbonyl (C=O) groups is 3. The molecule has 2 atom stereocenters. The van der Waals surface area contributed by atoms with Crippen molar-refractivity contribution in [1.29, 1.82) is 0 Å². The van der Waals surface area contributed by atoms with Gasteiger partial charge in [-0.3, -0.25) is 9.59 Å². The fourth-order valence-electron chi connectivity index (χ4n) is 3.30. The third kappa shape index (κ3) is 5.22. The van der Waals surface area contributed by atoms with Crippen molar-refractivity contribution in [3.8, 4) is 0 Å².